The summed E-state index contributed by atoms with van der Waals surface area (Å²) in [7, 11) is 0. The van der Waals surface area contributed by atoms with Gasteiger partial charge in [-0.15, -0.1) is 0 Å². The van der Waals surface area contributed by atoms with Crippen LogP contribution < -0.4 is 15.4 Å². The Kier molecular flexibility index (Phi) is 7.01. The van der Waals surface area contributed by atoms with E-state index in [4.69, 9.17) is 4.74 Å². The molecule has 0 fully saturated rings. The van der Waals surface area contributed by atoms with Crippen LogP contribution in [0.3, 0.4) is 0 Å². The van der Waals surface area contributed by atoms with E-state index in [1.165, 1.54) is 0 Å². The predicted octanol–water partition coefficient (Wildman–Crippen LogP) is 2.62. The average molecular weight is 340 g/mol. The van der Waals surface area contributed by atoms with E-state index < -0.39 is 0 Å². The van der Waals surface area contributed by atoms with E-state index in [9.17, 15) is 9.59 Å². The Labute approximate surface area is 148 Å². The van der Waals surface area contributed by atoms with Crippen molar-refractivity contribution in [3.05, 3.63) is 65.2 Å². The van der Waals surface area contributed by atoms with Gasteiger partial charge in [0.15, 0.2) is 0 Å². The second kappa shape index (κ2) is 9.47. The number of aryl methyl sites for hydroxylation is 1. The maximum absolute atomic E-state index is 11.8. The Morgan fingerprint density at radius 1 is 0.920 bits per heavy atom. The molecule has 0 heterocycles. The van der Waals surface area contributed by atoms with Crippen molar-refractivity contribution in [3.8, 4) is 5.75 Å². The lowest BCUT2D eigenvalue weighted by molar-refractivity contribution is -0.121. The number of carbonyl (C=O) groups excluding carboxylic acids is 2. The molecule has 0 atom stereocenters. The van der Waals surface area contributed by atoms with Crippen LogP contribution >= 0.6 is 0 Å². The maximum Gasteiger partial charge on any atom is 0.251 e. The summed E-state index contributed by atoms with van der Waals surface area (Å²) in [6, 6.07) is 14.8. The van der Waals surface area contributed by atoms with Gasteiger partial charge in [-0.1, -0.05) is 30.3 Å². The molecule has 0 unspecified atom stereocenters. The number of hydrogen-bond donors (Lipinski definition) is 2. The zero-order chi connectivity index (χ0) is 18.1. The lowest BCUT2D eigenvalue weighted by atomic mass is 10.1. The van der Waals surface area contributed by atoms with Crippen molar-refractivity contribution in [2.45, 2.75) is 20.3 Å². The van der Waals surface area contributed by atoms with Crippen molar-refractivity contribution in [1.82, 2.24) is 10.6 Å². The van der Waals surface area contributed by atoms with Gasteiger partial charge in [-0.3, -0.25) is 9.59 Å². The molecule has 2 amide bonds. The molecule has 0 radical (unpaired) electrons. The van der Waals surface area contributed by atoms with E-state index in [0.717, 1.165) is 16.9 Å². The SMILES string of the molecule is Cc1cccc(OCCC(=O)NCCNC(=O)c2ccccc2)c1C. The third-order valence-electron chi connectivity index (χ3n) is 3.91. The Morgan fingerprint density at radius 2 is 1.64 bits per heavy atom. The Bertz CT molecular complexity index is 714. The molecule has 0 aliphatic rings. The van der Waals surface area contributed by atoms with Crippen LogP contribution in [0, 0.1) is 13.8 Å². The van der Waals surface area contributed by atoms with Crippen molar-refractivity contribution in [3.63, 3.8) is 0 Å². The summed E-state index contributed by atoms with van der Waals surface area (Å²) >= 11 is 0. The third kappa shape index (κ3) is 5.95. The topological polar surface area (TPSA) is 67.4 Å². The molecule has 2 rings (SSSR count). The van der Waals surface area contributed by atoms with E-state index in [1.54, 1.807) is 12.1 Å². The zero-order valence-electron chi connectivity index (χ0n) is 14.7. The number of hydrogen-bond acceptors (Lipinski definition) is 3. The van der Waals surface area contributed by atoms with Gasteiger partial charge in [0.1, 0.15) is 5.75 Å². The molecular formula is C20H24N2O3. The lowest BCUT2D eigenvalue weighted by Crippen LogP contribution is -2.35. The van der Waals surface area contributed by atoms with Gasteiger partial charge < -0.3 is 15.4 Å². The highest BCUT2D eigenvalue weighted by Crippen LogP contribution is 2.20. The summed E-state index contributed by atoms with van der Waals surface area (Å²) in [5.74, 6) is 0.565. The number of amides is 2. The van der Waals surface area contributed by atoms with Crippen molar-refractivity contribution in [2.24, 2.45) is 0 Å². The zero-order valence-corrected chi connectivity index (χ0v) is 14.7. The Hall–Kier alpha value is -2.82. The van der Waals surface area contributed by atoms with Crippen LogP contribution in [-0.2, 0) is 4.79 Å². The van der Waals surface area contributed by atoms with E-state index in [1.807, 2.05) is 50.2 Å². The number of benzene rings is 2. The molecule has 0 saturated carbocycles. The van der Waals surface area contributed by atoms with E-state index in [0.29, 0.717) is 25.3 Å². The van der Waals surface area contributed by atoms with Crippen molar-refractivity contribution in [2.75, 3.05) is 19.7 Å². The minimum atomic E-state index is -0.145. The highest BCUT2D eigenvalue weighted by molar-refractivity contribution is 5.94. The van der Waals surface area contributed by atoms with Gasteiger partial charge in [0, 0.05) is 18.7 Å². The van der Waals surface area contributed by atoms with Gasteiger partial charge in [-0.2, -0.15) is 0 Å². The molecule has 5 heteroatoms. The molecule has 132 valence electrons. The average Bonchev–Trinajstić information content (AvgIpc) is 2.63. The highest BCUT2D eigenvalue weighted by atomic mass is 16.5. The fraction of sp³-hybridized carbons (Fsp3) is 0.300. The second-order valence-corrected chi connectivity index (χ2v) is 5.77. The van der Waals surface area contributed by atoms with Crippen LogP contribution in [-0.4, -0.2) is 31.5 Å². The van der Waals surface area contributed by atoms with Gasteiger partial charge in [0.2, 0.25) is 5.91 Å². The van der Waals surface area contributed by atoms with Crippen LogP contribution in [0.25, 0.3) is 0 Å². The van der Waals surface area contributed by atoms with Crippen LogP contribution in [0.15, 0.2) is 48.5 Å². The normalized spacial score (nSPS) is 10.2. The van der Waals surface area contributed by atoms with Crippen molar-refractivity contribution >= 4 is 11.8 Å². The van der Waals surface area contributed by atoms with Crippen LogP contribution in [0.5, 0.6) is 5.75 Å². The molecule has 0 saturated heterocycles. The van der Waals surface area contributed by atoms with Crippen molar-refractivity contribution < 1.29 is 14.3 Å². The second-order valence-electron chi connectivity index (χ2n) is 5.77. The number of ether oxygens (including phenoxy) is 1. The van der Waals surface area contributed by atoms with E-state index >= 15 is 0 Å². The largest absolute Gasteiger partial charge is 0.493 e. The predicted molar refractivity (Wildman–Crippen MR) is 97.8 cm³/mol. The molecule has 0 aliphatic heterocycles. The minimum absolute atomic E-state index is 0.0979. The number of rotatable bonds is 8. The molecule has 5 nitrogen and oxygen atoms in total. The third-order valence-corrected chi connectivity index (χ3v) is 3.91. The van der Waals surface area contributed by atoms with E-state index in [2.05, 4.69) is 10.6 Å². The molecule has 0 aliphatic carbocycles. The quantitative estimate of drug-likeness (QED) is 0.726. The van der Waals surface area contributed by atoms with Crippen LogP contribution in [0.2, 0.25) is 0 Å². The summed E-state index contributed by atoms with van der Waals surface area (Å²) in [4.78, 5) is 23.6. The fourth-order valence-corrected chi connectivity index (χ4v) is 2.29. The molecule has 2 aromatic carbocycles. The van der Waals surface area contributed by atoms with Gasteiger partial charge in [-0.05, 0) is 43.2 Å². The molecule has 25 heavy (non-hydrogen) atoms. The van der Waals surface area contributed by atoms with Gasteiger partial charge in [0.25, 0.3) is 5.91 Å². The number of carbonyl (C=O) groups is 2. The van der Waals surface area contributed by atoms with Gasteiger partial charge >= 0.3 is 0 Å². The maximum atomic E-state index is 11.8. The first-order chi connectivity index (χ1) is 12.1. The van der Waals surface area contributed by atoms with Crippen molar-refractivity contribution in [1.29, 1.82) is 0 Å². The number of nitrogens with one attached hydrogen (secondary N) is 2. The molecule has 0 bridgehead atoms. The fourth-order valence-electron chi connectivity index (χ4n) is 2.29. The highest BCUT2D eigenvalue weighted by Gasteiger charge is 2.06. The van der Waals surface area contributed by atoms with E-state index in [-0.39, 0.29) is 18.2 Å². The smallest absolute Gasteiger partial charge is 0.251 e. The summed E-state index contributed by atoms with van der Waals surface area (Å²) < 4.78 is 5.66. The molecule has 0 spiro atoms. The summed E-state index contributed by atoms with van der Waals surface area (Å²) in [5.41, 5.74) is 2.86. The first kappa shape index (κ1) is 18.5. The first-order valence-electron chi connectivity index (χ1n) is 8.37. The monoisotopic (exact) mass is 340 g/mol. The molecular weight excluding hydrogens is 316 g/mol. The summed E-state index contributed by atoms with van der Waals surface area (Å²) in [5, 5.41) is 5.53. The van der Waals surface area contributed by atoms with Gasteiger partial charge in [0.05, 0.1) is 13.0 Å². The first-order valence-corrected chi connectivity index (χ1v) is 8.37. The summed E-state index contributed by atoms with van der Waals surface area (Å²) in [6.07, 6.45) is 0.278. The molecule has 0 aromatic heterocycles. The van der Waals surface area contributed by atoms with Crippen LogP contribution in [0.1, 0.15) is 27.9 Å². The summed E-state index contributed by atoms with van der Waals surface area (Å²) in [6.45, 7) is 5.13. The molecule has 2 aromatic rings. The van der Waals surface area contributed by atoms with Gasteiger partial charge in [-0.25, -0.2) is 0 Å². The van der Waals surface area contributed by atoms with Crippen LogP contribution in [0.4, 0.5) is 0 Å². The Balaban J connectivity index is 1.61. The minimum Gasteiger partial charge on any atom is -0.493 e. The molecule has 2 N–H and O–H groups in total. The Morgan fingerprint density at radius 3 is 2.40 bits per heavy atom. The lowest BCUT2D eigenvalue weighted by Gasteiger charge is -2.11. The standard InChI is InChI=1S/C20H24N2O3/c1-15-7-6-10-18(16(15)2)25-14-11-19(23)21-12-13-22-20(24)17-8-4-3-5-9-17/h3-10H,11-14H2,1-2H3,(H,21,23)(H,22,24).